The highest BCUT2D eigenvalue weighted by Gasteiger charge is 2.14. The number of hydrogen-bond acceptors (Lipinski definition) is 5. The molecule has 0 saturated heterocycles. The number of thiophene rings is 1. The molecule has 5 nitrogen and oxygen atoms in total. The number of thiazole rings is 1. The van der Waals surface area contributed by atoms with Gasteiger partial charge < -0.3 is 4.90 Å². The van der Waals surface area contributed by atoms with E-state index in [0.717, 1.165) is 5.56 Å². The third kappa shape index (κ3) is 4.74. The normalized spacial score (nSPS) is 10.5. The minimum absolute atomic E-state index is 0.122. The molecule has 1 aromatic carbocycles. The van der Waals surface area contributed by atoms with Crippen molar-refractivity contribution < 1.29 is 14.0 Å². The zero-order chi connectivity index (χ0) is 18.5. The minimum atomic E-state index is -0.325. The number of nitrogens with one attached hydrogen (secondary N) is 1. The van der Waals surface area contributed by atoms with E-state index in [1.165, 1.54) is 39.7 Å². The number of halogens is 1. The van der Waals surface area contributed by atoms with Crippen LogP contribution in [-0.2, 0) is 17.8 Å². The van der Waals surface area contributed by atoms with Crippen molar-refractivity contribution in [1.29, 1.82) is 0 Å². The van der Waals surface area contributed by atoms with Gasteiger partial charge in [-0.2, -0.15) is 0 Å². The van der Waals surface area contributed by atoms with E-state index >= 15 is 0 Å². The summed E-state index contributed by atoms with van der Waals surface area (Å²) in [5, 5.41) is 6.76. The number of rotatable bonds is 6. The number of anilines is 1. The summed E-state index contributed by atoms with van der Waals surface area (Å²) < 4.78 is 13.2. The van der Waals surface area contributed by atoms with Gasteiger partial charge in [0, 0.05) is 19.0 Å². The van der Waals surface area contributed by atoms with E-state index in [2.05, 4.69) is 10.3 Å². The lowest BCUT2D eigenvalue weighted by Gasteiger charge is -2.16. The molecule has 2 heterocycles. The van der Waals surface area contributed by atoms with Crippen molar-refractivity contribution in [1.82, 2.24) is 9.88 Å². The number of hydrogen-bond donors (Lipinski definition) is 1. The van der Waals surface area contributed by atoms with Crippen molar-refractivity contribution >= 4 is 39.6 Å². The van der Waals surface area contributed by atoms with E-state index in [9.17, 15) is 14.0 Å². The van der Waals surface area contributed by atoms with Crippen LogP contribution in [0.25, 0.3) is 0 Å². The van der Waals surface area contributed by atoms with Gasteiger partial charge in [-0.3, -0.25) is 14.9 Å². The van der Waals surface area contributed by atoms with Crippen molar-refractivity contribution in [3.05, 3.63) is 69.1 Å². The van der Waals surface area contributed by atoms with Crippen LogP contribution < -0.4 is 5.32 Å². The summed E-state index contributed by atoms with van der Waals surface area (Å²) in [4.78, 5) is 30.8. The van der Waals surface area contributed by atoms with Gasteiger partial charge in [0.25, 0.3) is 5.91 Å². The number of aromatic nitrogens is 1. The number of likely N-dealkylation sites (N-methyl/N-ethyl adjacent to an activating group) is 1. The molecule has 26 heavy (non-hydrogen) atoms. The Morgan fingerprint density at radius 3 is 2.81 bits per heavy atom. The lowest BCUT2D eigenvalue weighted by atomic mass is 10.2. The molecule has 0 radical (unpaired) electrons. The first-order valence-electron chi connectivity index (χ1n) is 7.79. The molecule has 0 aliphatic rings. The molecular formula is C18H16FN3O2S2. The Labute approximate surface area is 158 Å². The highest BCUT2D eigenvalue weighted by molar-refractivity contribution is 7.14. The molecule has 134 valence electrons. The average molecular weight is 389 g/mol. The van der Waals surface area contributed by atoms with E-state index in [4.69, 9.17) is 0 Å². The summed E-state index contributed by atoms with van der Waals surface area (Å²) in [6.07, 6.45) is 0.122. The molecule has 0 bridgehead atoms. The number of carbonyl (C=O) groups excluding carboxylic acids is 2. The fourth-order valence-corrected chi connectivity index (χ4v) is 3.62. The van der Waals surface area contributed by atoms with Crippen LogP contribution >= 0.6 is 22.7 Å². The first kappa shape index (κ1) is 18.2. The fourth-order valence-electron chi connectivity index (χ4n) is 2.30. The second kappa shape index (κ2) is 8.20. The van der Waals surface area contributed by atoms with Gasteiger partial charge in [-0.1, -0.05) is 18.2 Å². The SMILES string of the molecule is CN(Cc1cccc(F)c1)C(=O)Cc1csc(NC(=O)c2cccs2)n1. The monoisotopic (exact) mass is 389 g/mol. The van der Waals surface area contributed by atoms with Crippen LogP contribution in [0.5, 0.6) is 0 Å². The molecule has 0 unspecified atom stereocenters. The Morgan fingerprint density at radius 1 is 1.23 bits per heavy atom. The van der Waals surface area contributed by atoms with Gasteiger partial charge in [-0.25, -0.2) is 9.37 Å². The molecule has 1 N–H and O–H groups in total. The molecular weight excluding hydrogens is 373 g/mol. The number of nitrogens with zero attached hydrogens (tertiary/aromatic N) is 2. The molecule has 2 aromatic heterocycles. The second-order valence-electron chi connectivity index (χ2n) is 5.63. The maximum absolute atomic E-state index is 13.2. The standard InChI is InChI=1S/C18H16FN3O2S2/c1-22(10-12-4-2-5-13(19)8-12)16(23)9-14-11-26-18(20-14)21-17(24)15-6-3-7-25-15/h2-8,11H,9-10H2,1H3,(H,20,21,24). The summed E-state index contributed by atoms with van der Waals surface area (Å²) in [5.41, 5.74) is 1.32. The van der Waals surface area contributed by atoms with E-state index in [0.29, 0.717) is 22.2 Å². The van der Waals surface area contributed by atoms with E-state index in [1.807, 2.05) is 5.38 Å². The van der Waals surface area contributed by atoms with Crippen LogP contribution in [0.1, 0.15) is 20.9 Å². The molecule has 0 spiro atoms. The molecule has 0 saturated carbocycles. The van der Waals surface area contributed by atoms with Gasteiger partial charge >= 0.3 is 0 Å². The summed E-state index contributed by atoms with van der Waals surface area (Å²) in [5.74, 6) is -0.667. The van der Waals surface area contributed by atoms with Gasteiger partial charge in [-0.05, 0) is 29.1 Å². The molecule has 0 atom stereocenters. The topological polar surface area (TPSA) is 62.3 Å². The van der Waals surface area contributed by atoms with Crippen LogP contribution in [0, 0.1) is 5.82 Å². The molecule has 3 aromatic rings. The van der Waals surface area contributed by atoms with Crippen molar-refractivity contribution in [2.75, 3.05) is 12.4 Å². The zero-order valence-electron chi connectivity index (χ0n) is 13.9. The highest BCUT2D eigenvalue weighted by atomic mass is 32.1. The second-order valence-corrected chi connectivity index (χ2v) is 7.44. The largest absolute Gasteiger partial charge is 0.341 e. The highest BCUT2D eigenvalue weighted by Crippen LogP contribution is 2.19. The lowest BCUT2D eigenvalue weighted by molar-refractivity contribution is -0.129. The fraction of sp³-hybridized carbons (Fsp3) is 0.167. The molecule has 0 aliphatic carbocycles. The molecule has 8 heteroatoms. The Balaban J connectivity index is 1.56. The molecule has 0 fully saturated rings. The summed E-state index contributed by atoms with van der Waals surface area (Å²) >= 11 is 2.63. The van der Waals surface area contributed by atoms with Crippen molar-refractivity contribution in [3.63, 3.8) is 0 Å². The Bertz CT molecular complexity index is 909. The Kier molecular flexibility index (Phi) is 5.75. The van der Waals surface area contributed by atoms with Crippen LogP contribution in [0.3, 0.4) is 0 Å². The first-order valence-corrected chi connectivity index (χ1v) is 9.55. The van der Waals surface area contributed by atoms with Gasteiger partial charge in [0.05, 0.1) is 17.0 Å². The van der Waals surface area contributed by atoms with Crippen LogP contribution in [0.2, 0.25) is 0 Å². The smallest absolute Gasteiger partial charge is 0.267 e. The van der Waals surface area contributed by atoms with E-state index < -0.39 is 0 Å². The van der Waals surface area contributed by atoms with E-state index in [1.54, 1.807) is 36.7 Å². The maximum Gasteiger partial charge on any atom is 0.267 e. The summed E-state index contributed by atoms with van der Waals surface area (Å²) in [7, 11) is 1.67. The quantitative estimate of drug-likeness (QED) is 0.698. The summed E-state index contributed by atoms with van der Waals surface area (Å²) in [6, 6.07) is 9.71. The van der Waals surface area contributed by atoms with Crippen molar-refractivity contribution in [2.24, 2.45) is 0 Å². The minimum Gasteiger partial charge on any atom is -0.341 e. The van der Waals surface area contributed by atoms with Crippen LogP contribution in [-0.4, -0.2) is 28.7 Å². The lowest BCUT2D eigenvalue weighted by Crippen LogP contribution is -2.27. The average Bonchev–Trinajstić information content (AvgIpc) is 3.27. The zero-order valence-corrected chi connectivity index (χ0v) is 15.6. The van der Waals surface area contributed by atoms with Crippen LogP contribution in [0.4, 0.5) is 9.52 Å². The van der Waals surface area contributed by atoms with Gasteiger partial charge in [0.2, 0.25) is 5.91 Å². The first-order chi connectivity index (χ1) is 12.5. The van der Waals surface area contributed by atoms with E-state index in [-0.39, 0.29) is 24.1 Å². The maximum atomic E-state index is 13.2. The predicted molar refractivity (Wildman–Crippen MR) is 101 cm³/mol. The number of carbonyl (C=O) groups is 2. The van der Waals surface area contributed by atoms with Crippen LogP contribution in [0.15, 0.2) is 47.2 Å². The number of amides is 2. The molecule has 0 aliphatic heterocycles. The Morgan fingerprint density at radius 2 is 2.08 bits per heavy atom. The third-order valence-electron chi connectivity index (χ3n) is 3.58. The predicted octanol–water partition coefficient (Wildman–Crippen LogP) is 3.80. The van der Waals surface area contributed by atoms with Crippen molar-refractivity contribution in [3.8, 4) is 0 Å². The van der Waals surface area contributed by atoms with Gasteiger partial charge in [0.1, 0.15) is 5.82 Å². The van der Waals surface area contributed by atoms with Crippen molar-refractivity contribution in [2.45, 2.75) is 13.0 Å². The summed E-state index contributed by atoms with van der Waals surface area (Å²) in [6.45, 7) is 0.322. The molecule has 2 amide bonds. The Hall–Kier alpha value is -2.58. The van der Waals surface area contributed by atoms with Gasteiger partial charge in [0.15, 0.2) is 5.13 Å². The molecule has 3 rings (SSSR count). The van der Waals surface area contributed by atoms with Gasteiger partial charge in [-0.15, -0.1) is 22.7 Å². The third-order valence-corrected chi connectivity index (χ3v) is 5.26. The number of benzene rings is 1.